The molecule has 0 N–H and O–H groups in total. The quantitative estimate of drug-likeness (QED) is 0.0549. The topological polar surface area (TPSA) is 84.5 Å². The van der Waals surface area contributed by atoms with E-state index in [1.54, 1.807) is 135 Å². The molecule has 0 atom stereocenters. The molecule has 0 radical (unpaired) electrons. The van der Waals surface area contributed by atoms with Crippen molar-refractivity contribution in [3.05, 3.63) is 269 Å². The van der Waals surface area contributed by atoms with Gasteiger partial charge < -0.3 is 0 Å². The van der Waals surface area contributed by atoms with Gasteiger partial charge in [0.2, 0.25) is 0 Å². The fourth-order valence-electron chi connectivity index (χ4n) is 12.8. The maximum absolute atomic E-state index is 9.07. The standard InChI is InChI=1S/C29H16N4S4.C13H12S2.C13H10S2.C8H4Br2S2.C8H3BrN2S.C8H4S2.C5H8Br2.8CH3.3Sn/c1-4-5-6-21-22-13-26(24-9-7-19(34-24)11-17(15-30)32-2)36-28(22)29-23(21)14-27(37-29)25-10-8-20(35-25)12-18(16-31)33-3;2*1-2-3-4-9-10-5-7-14-12(10)13-11(9)6-8-15-13;9-5-1-3-11-7(5)8-6(10)2-4-12-8;1-11-6(5-10)4-7-2-3-8(9)12-7;1-3-7(9-5-1)8-4-2-6-10-8;1-2-3-4-5(6)7;;;;;;;;;;;/h6-14H,4-5H2,1H3;4-8H,2-3H2,1H3;4-6H,2-3H2,1H3;1-4H;2-4H;1-2,5-6H;4H,2-3H2,1H3;8*1H3;;;/b17-11-,18-12+,21-6?;;;;6-4+;;;;;;;;;;;;;. The first-order valence-electron chi connectivity index (χ1n) is 38.1. The van der Waals surface area contributed by atoms with Gasteiger partial charge in [0, 0.05) is 65.3 Å². The number of hydrogen-bond acceptors (Lipinski definition) is 16. The molecular formula is C92H81Br5N6S13Sn3. The Morgan fingerprint density at radius 1 is 0.387 bits per heavy atom. The fourth-order valence-corrected chi connectivity index (χ4v) is 52.8. The van der Waals surface area contributed by atoms with Crippen LogP contribution in [0.15, 0.2) is 187 Å². The Morgan fingerprint density at radius 2 is 0.723 bits per heavy atom. The van der Waals surface area contributed by atoms with E-state index >= 15 is 0 Å². The number of rotatable bonds is 16. The van der Waals surface area contributed by atoms with Crippen LogP contribution in [0.1, 0.15) is 127 Å². The van der Waals surface area contributed by atoms with Gasteiger partial charge in [-0.25, -0.2) is 30.3 Å². The molecule has 4 aliphatic rings. The third kappa shape index (κ3) is 23.4. The monoisotopic (exact) mass is 2440 g/mol. The number of hydrogen-bond donors (Lipinski definition) is 0. The van der Waals surface area contributed by atoms with Crippen LogP contribution in [-0.2, 0) is 0 Å². The fraction of sp³-hybridized carbons (Fsp3) is 0.217. The molecule has 13 aromatic rings. The van der Waals surface area contributed by atoms with E-state index in [0.29, 0.717) is 0 Å². The van der Waals surface area contributed by atoms with Crippen molar-refractivity contribution in [3.63, 3.8) is 0 Å². The second-order valence-corrected chi connectivity index (χ2v) is 91.8. The molecule has 3 aliphatic carbocycles. The van der Waals surface area contributed by atoms with Crippen molar-refractivity contribution in [2.45, 2.75) is 119 Å². The first-order valence-corrected chi connectivity index (χ1v) is 81.6. The van der Waals surface area contributed by atoms with Crippen LogP contribution in [0.3, 0.4) is 0 Å². The SMILES string of the molecule is Brc1ccsc1-c1sccc1Br.CCCC=C(Br)Br.CCCC=C1c2c[c]([Sn]([CH3])([CH3])[CH3])sc2-c2s[c]([Sn]([CH3])([CH3])[CH3])cc21.CCCC=C1c2ccsc2-c2sccc21.[C-]#[N+]/C(C#N)=C/c1ccc(Br)s1.[C-]#[N+]/C(C#N)=C\c1ccc(-c2cc3c(s2)-c2sc(-c4ccc(/C=C(\C#N)[N+]#[C-])s4)cc2C3=CCCC)s1.[CH3][Sn]1([CH3])[c]2ccsc2-c2scc[c]21. The number of nitriles is 3. The van der Waals surface area contributed by atoms with E-state index < -0.39 is 55.1 Å². The average Bonchev–Trinajstić information content (AvgIpc) is 1.59. The summed E-state index contributed by atoms with van der Waals surface area (Å²) < 4.78 is 11.3. The molecule has 604 valence electrons. The minimum atomic E-state index is -2.02. The van der Waals surface area contributed by atoms with Crippen molar-refractivity contribution in [2.75, 3.05) is 0 Å². The summed E-state index contributed by atoms with van der Waals surface area (Å²) in [5.41, 5.74) is 13.2. The molecule has 0 amide bonds. The van der Waals surface area contributed by atoms with Gasteiger partial charge in [0.15, 0.2) is 0 Å². The Balaban J connectivity index is 0.000000145. The van der Waals surface area contributed by atoms with E-state index in [9.17, 15) is 0 Å². The molecule has 0 saturated carbocycles. The normalized spacial score (nSPS) is 13.0. The van der Waals surface area contributed by atoms with Gasteiger partial charge in [-0.2, -0.15) is 0 Å². The second kappa shape index (κ2) is 44.4. The molecular weight excluding hydrogens is 2360 g/mol. The van der Waals surface area contributed by atoms with E-state index in [1.165, 1.54) is 125 Å². The molecule has 1 aliphatic heterocycles. The van der Waals surface area contributed by atoms with Crippen molar-refractivity contribution < 1.29 is 0 Å². The summed E-state index contributed by atoms with van der Waals surface area (Å²) in [6.07, 6.45) is 23.5. The average molecular weight is 2440 g/mol. The Morgan fingerprint density at radius 3 is 1.05 bits per heavy atom. The Kier molecular flexibility index (Phi) is 35.7. The molecule has 27 heteroatoms. The summed E-state index contributed by atoms with van der Waals surface area (Å²) in [6.45, 7) is 29.7. The molecule has 119 heavy (non-hydrogen) atoms. The van der Waals surface area contributed by atoms with Gasteiger partial charge in [-0.3, -0.25) is 0 Å². The number of fused-ring (bicyclic) bond motifs is 12. The third-order valence-electron chi connectivity index (χ3n) is 18.8. The van der Waals surface area contributed by atoms with Gasteiger partial charge in [-0.15, -0.1) is 102 Å². The van der Waals surface area contributed by atoms with Crippen molar-refractivity contribution in [2.24, 2.45) is 0 Å². The van der Waals surface area contributed by atoms with Gasteiger partial charge in [-0.05, 0) is 223 Å². The van der Waals surface area contributed by atoms with E-state index in [-0.39, 0.29) is 17.1 Å². The van der Waals surface area contributed by atoms with Gasteiger partial charge in [0.25, 0.3) is 17.1 Å². The van der Waals surface area contributed by atoms with Gasteiger partial charge in [0.1, 0.15) is 0 Å². The Labute approximate surface area is 807 Å². The predicted molar refractivity (Wildman–Crippen MR) is 562 cm³/mol. The summed E-state index contributed by atoms with van der Waals surface area (Å²) in [7, 11) is 0. The molecule has 0 spiro atoms. The van der Waals surface area contributed by atoms with Crippen molar-refractivity contribution >= 4 is 330 Å². The molecule has 0 aromatic carbocycles. The summed E-state index contributed by atoms with van der Waals surface area (Å²) in [6, 6.07) is 40.5. The molecule has 0 bridgehead atoms. The zero-order valence-corrected chi connectivity index (χ0v) is 94.4. The minimum absolute atomic E-state index is 0.0905. The summed E-state index contributed by atoms with van der Waals surface area (Å²) in [4.78, 5) is 51.7. The summed E-state index contributed by atoms with van der Waals surface area (Å²) in [5, 5.41) is 39.7. The predicted octanol–water partition coefficient (Wildman–Crippen LogP) is 35.5. The first-order chi connectivity index (χ1) is 57.1. The van der Waals surface area contributed by atoms with Crippen LogP contribution in [0.25, 0.3) is 118 Å². The maximum atomic E-state index is 9.07. The molecule has 0 saturated heterocycles. The van der Waals surface area contributed by atoms with Crippen LogP contribution in [0, 0.1) is 53.7 Å². The zero-order chi connectivity index (χ0) is 85.5. The van der Waals surface area contributed by atoms with Crippen LogP contribution >= 0.6 is 227 Å². The van der Waals surface area contributed by atoms with E-state index in [2.05, 4.69) is 313 Å². The molecule has 13 aromatic heterocycles. The van der Waals surface area contributed by atoms with Crippen molar-refractivity contribution in [1.82, 2.24) is 0 Å². The summed E-state index contributed by atoms with van der Waals surface area (Å²) in [5.74, 6) is 0. The number of halogens is 5. The molecule has 0 unspecified atom stereocenters. The third-order valence-corrected chi connectivity index (χ3v) is 66.1. The van der Waals surface area contributed by atoms with E-state index in [1.807, 2.05) is 87.8 Å². The molecule has 17 rings (SSSR count). The first kappa shape index (κ1) is 95.7. The molecule has 6 nitrogen and oxygen atoms in total. The van der Waals surface area contributed by atoms with Crippen molar-refractivity contribution in [3.8, 4) is 86.5 Å². The van der Waals surface area contributed by atoms with Gasteiger partial charge >= 0.3 is 250 Å². The second-order valence-electron chi connectivity index (χ2n) is 29.7. The van der Waals surface area contributed by atoms with Crippen LogP contribution in [-0.4, -0.2) is 55.1 Å². The van der Waals surface area contributed by atoms with Crippen LogP contribution in [0.5, 0.6) is 0 Å². The van der Waals surface area contributed by atoms with Crippen LogP contribution in [0.4, 0.5) is 0 Å². The summed E-state index contributed by atoms with van der Waals surface area (Å²) >= 11 is 34.4. The zero-order valence-electron chi connectivity index (χ0n) is 67.3. The van der Waals surface area contributed by atoms with Crippen LogP contribution < -0.4 is 12.9 Å². The van der Waals surface area contributed by atoms with Crippen molar-refractivity contribution in [1.29, 1.82) is 15.8 Å². The number of allylic oxidation sites excluding steroid dienone is 7. The van der Waals surface area contributed by atoms with E-state index in [4.69, 9.17) is 35.5 Å². The number of thiophene rings is 13. The molecule has 14 heterocycles. The number of nitrogens with zero attached hydrogens (tertiary/aromatic N) is 6. The van der Waals surface area contributed by atoms with Gasteiger partial charge in [-0.1, -0.05) is 58.3 Å². The van der Waals surface area contributed by atoms with Crippen LogP contribution in [0.2, 0.25) is 39.5 Å². The Bertz CT molecular complexity index is 5950. The number of unbranched alkanes of at least 4 members (excludes halogenated alkanes) is 4. The molecule has 0 fully saturated rings. The van der Waals surface area contributed by atoms with E-state index in [0.717, 1.165) is 50.8 Å². The van der Waals surface area contributed by atoms with Gasteiger partial charge in [0.05, 0.1) is 74.4 Å². The Hall–Kier alpha value is -3.98.